The lowest BCUT2D eigenvalue weighted by molar-refractivity contribution is -0.109. The van der Waals surface area contributed by atoms with Crippen molar-refractivity contribution in [3.8, 4) is 0 Å². The monoisotopic (exact) mass is 431 g/mol. The van der Waals surface area contributed by atoms with Crippen LogP contribution in [0.1, 0.15) is 34.8 Å². The van der Waals surface area contributed by atoms with Gasteiger partial charge in [-0.3, -0.25) is 4.79 Å². The van der Waals surface area contributed by atoms with Crippen molar-refractivity contribution in [1.82, 2.24) is 30.3 Å². The fourth-order valence-corrected chi connectivity index (χ4v) is 3.09. The lowest BCUT2D eigenvalue weighted by atomic mass is 10.1. The first-order valence-electron chi connectivity index (χ1n) is 9.68. The highest BCUT2D eigenvalue weighted by Crippen LogP contribution is 2.14. The molecule has 3 rings (SSSR count). The maximum absolute atomic E-state index is 13.8. The Balaban J connectivity index is 1.54. The number of H-pyrrole nitrogens is 1. The standard InChI is InChI=1S/C20H23F2N7O2/c1-28(2)17-8-9-23-29(17)10-4-6-14(12-30)24-20(31)19-25-16(26-27-19)11-13-5-3-7-15(21)18(13)22/h3,5,7-9,12,14H,4,6,10-11H2,1-2H3,(H,24,31)(H,25,26,27). The molecule has 9 nitrogen and oxygen atoms in total. The van der Waals surface area contributed by atoms with Crippen molar-refractivity contribution < 1.29 is 18.4 Å². The number of anilines is 1. The molecule has 0 spiro atoms. The van der Waals surface area contributed by atoms with Gasteiger partial charge in [-0.15, -0.1) is 10.2 Å². The summed E-state index contributed by atoms with van der Waals surface area (Å²) in [5.74, 6) is -1.51. The molecule has 31 heavy (non-hydrogen) atoms. The molecule has 0 saturated carbocycles. The fourth-order valence-electron chi connectivity index (χ4n) is 3.09. The minimum atomic E-state index is -0.972. The first kappa shape index (κ1) is 22.1. The third kappa shape index (κ3) is 5.50. The van der Waals surface area contributed by atoms with Crippen molar-refractivity contribution in [1.29, 1.82) is 0 Å². The van der Waals surface area contributed by atoms with E-state index in [1.807, 2.05) is 29.7 Å². The molecular weight excluding hydrogens is 408 g/mol. The summed E-state index contributed by atoms with van der Waals surface area (Å²) < 4.78 is 28.9. The molecule has 0 saturated heterocycles. The van der Waals surface area contributed by atoms with Crippen molar-refractivity contribution in [3.63, 3.8) is 0 Å². The average Bonchev–Trinajstić information content (AvgIpc) is 3.40. The molecule has 0 fully saturated rings. The topological polar surface area (TPSA) is 109 Å². The molecule has 11 heteroatoms. The van der Waals surface area contributed by atoms with Gasteiger partial charge in [0, 0.05) is 33.1 Å². The summed E-state index contributed by atoms with van der Waals surface area (Å²) in [6.45, 7) is 0.590. The second kappa shape index (κ2) is 9.92. The molecule has 0 radical (unpaired) electrons. The fraction of sp³-hybridized carbons (Fsp3) is 0.350. The number of aromatic nitrogens is 5. The Labute approximate surface area is 177 Å². The summed E-state index contributed by atoms with van der Waals surface area (Å²) in [7, 11) is 3.83. The van der Waals surface area contributed by atoms with Crippen molar-refractivity contribution in [2.75, 3.05) is 19.0 Å². The molecule has 2 N–H and O–H groups in total. The van der Waals surface area contributed by atoms with Gasteiger partial charge in [-0.1, -0.05) is 12.1 Å². The number of rotatable bonds is 10. The number of hydrogen-bond acceptors (Lipinski definition) is 6. The van der Waals surface area contributed by atoms with Crippen molar-refractivity contribution in [3.05, 3.63) is 59.3 Å². The maximum Gasteiger partial charge on any atom is 0.289 e. The van der Waals surface area contributed by atoms with Crippen LogP contribution in [0.2, 0.25) is 0 Å². The zero-order valence-corrected chi connectivity index (χ0v) is 17.2. The number of carbonyl (C=O) groups excluding carboxylic acids is 2. The number of halogens is 2. The molecule has 2 heterocycles. The highest BCUT2D eigenvalue weighted by Gasteiger charge is 2.18. The summed E-state index contributed by atoms with van der Waals surface area (Å²) >= 11 is 0. The highest BCUT2D eigenvalue weighted by molar-refractivity contribution is 5.92. The van der Waals surface area contributed by atoms with Gasteiger partial charge in [0.25, 0.3) is 5.91 Å². The van der Waals surface area contributed by atoms with Gasteiger partial charge in [0.05, 0.1) is 12.2 Å². The number of aldehydes is 1. The molecule has 1 unspecified atom stereocenters. The number of hydrogen-bond donors (Lipinski definition) is 2. The van der Waals surface area contributed by atoms with E-state index >= 15 is 0 Å². The van der Waals surface area contributed by atoms with E-state index < -0.39 is 23.6 Å². The summed E-state index contributed by atoms with van der Waals surface area (Å²) in [4.78, 5) is 28.4. The molecule has 1 amide bonds. The van der Waals surface area contributed by atoms with Crippen LogP contribution in [-0.4, -0.2) is 57.3 Å². The van der Waals surface area contributed by atoms with Crippen LogP contribution < -0.4 is 10.2 Å². The predicted molar refractivity (Wildman–Crippen MR) is 109 cm³/mol. The Bertz CT molecular complexity index is 1050. The van der Waals surface area contributed by atoms with Gasteiger partial charge in [0.15, 0.2) is 11.6 Å². The van der Waals surface area contributed by atoms with Crippen LogP contribution in [0.3, 0.4) is 0 Å². The molecule has 3 aromatic rings. The summed E-state index contributed by atoms with van der Waals surface area (Å²) in [5.41, 5.74) is 0.0876. The van der Waals surface area contributed by atoms with E-state index in [4.69, 9.17) is 0 Å². The normalized spacial score (nSPS) is 11.9. The molecule has 0 bridgehead atoms. The quantitative estimate of drug-likeness (QED) is 0.473. The first-order valence-corrected chi connectivity index (χ1v) is 9.68. The van der Waals surface area contributed by atoms with E-state index in [9.17, 15) is 18.4 Å². The smallest absolute Gasteiger partial charge is 0.289 e. The number of aryl methyl sites for hydroxylation is 1. The van der Waals surface area contributed by atoms with Gasteiger partial charge in [-0.25, -0.2) is 13.5 Å². The Morgan fingerprint density at radius 3 is 2.84 bits per heavy atom. The predicted octanol–water partition coefficient (Wildman–Crippen LogP) is 1.71. The maximum atomic E-state index is 13.8. The van der Waals surface area contributed by atoms with Crippen LogP contribution in [-0.2, 0) is 17.8 Å². The number of aromatic amines is 1. The minimum Gasteiger partial charge on any atom is -0.363 e. The van der Waals surface area contributed by atoms with E-state index in [0.29, 0.717) is 25.7 Å². The van der Waals surface area contributed by atoms with Crippen LogP contribution in [0.25, 0.3) is 0 Å². The SMILES string of the molecule is CN(C)c1ccnn1CCCC(C=O)NC(=O)c1nnc(Cc2cccc(F)c2F)[nH]1. The molecule has 1 atom stereocenters. The minimum absolute atomic E-state index is 0.0565. The summed E-state index contributed by atoms with van der Waals surface area (Å²) in [6, 6.07) is 5.00. The van der Waals surface area contributed by atoms with Crippen molar-refractivity contribution in [2.24, 2.45) is 0 Å². The lowest BCUT2D eigenvalue weighted by Crippen LogP contribution is -2.36. The van der Waals surface area contributed by atoms with Crippen LogP contribution in [0.15, 0.2) is 30.5 Å². The van der Waals surface area contributed by atoms with Gasteiger partial charge in [0.1, 0.15) is 17.9 Å². The summed E-state index contributed by atoms with van der Waals surface area (Å²) in [5, 5.41) is 14.4. The Morgan fingerprint density at radius 1 is 1.29 bits per heavy atom. The Kier molecular flexibility index (Phi) is 7.06. The molecule has 0 aliphatic carbocycles. The third-order valence-corrected chi connectivity index (χ3v) is 4.66. The number of carbonyl (C=O) groups is 2. The number of amides is 1. The van der Waals surface area contributed by atoms with Gasteiger partial charge in [-0.2, -0.15) is 5.10 Å². The first-order chi connectivity index (χ1) is 14.9. The average molecular weight is 431 g/mol. The van der Waals surface area contributed by atoms with Crippen LogP contribution >= 0.6 is 0 Å². The highest BCUT2D eigenvalue weighted by atomic mass is 19.2. The largest absolute Gasteiger partial charge is 0.363 e. The molecule has 164 valence electrons. The van der Waals surface area contributed by atoms with Crippen LogP contribution in [0.4, 0.5) is 14.6 Å². The zero-order chi connectivity index (χ0) is 22.4. The molecule has 0 aliphatic heterocycles. The second-order valence-corrected chi connectivity index (χ2v) is 7.18. The van der Waals surface area contributed by atoms with E-state index in [0.717, 1.165) is 11.9 Å². The van der Waals surface area contributed by atoms with Crippen LogP contribution in [0, 0.1) is 11.6 Å². The molecule has 1 aromatic carbocycles. The van der Waals surface area contributed by atoms with E-state index in [2.05, 4.69) is 25.6 Å². The van der Waals surface area contributed by atoms with E-state index in [-0.39, 0.29) is 23.6 Å². The molecular formula is C20H23F2N7O2. The number of nitrogens with one attached hydrogen (secondary N) is 2. The van der Waals surface area contributed by atoms with Crippen molar-refractivity contribution >= 4 is 18.0 Å². The van der Waals surface area contributed by atoms with Crippen LogP contribution in [0.5, 0.6) is 0 Å². The van der Waals surface area contributed by atoms with Gasteiger partial charge >= 0.3 is 0 Å². The van der Waals surface area contributed by atoms with E-state index in [1.54, 1.807) is 6.20 Å². The number of benzene rings is 1. The zero-order valence-electron chi connectivity index (χ0n) is 17.2. The van der Waals surface area contributed by atoms with Gasteiger partial charge < -0.3 is 20.0 Å². The number of nitrogens with zero attached hydrogens (tertiary/aromatic N) is 5. The van der Waals surface area contributed by atoms with Crippen molar-refractivity contribution in [2.45, 2.75) is 31.8 Å². The lowest BCUT2D eigenvalue weighted by Gasteiger charge is -2.16. The van der Waals surface area contributed by atoms with E-state index in [1.165, 1.54) is 12.1 Å². The summed E-state index contributed by atoms with van der Waals surface area (Å²) in [6.07, 6.45) is 3.34. The van der Waals surface area contributed by atoms with Gasteiger partial charge in [-0.05, 0) is 24.5 Å². The Morgan fingerprint density at radius 2 is 2.10 bits per heavy atom. The second-order valence-electron chi connectivity index (χ2n) is 7.18. The molecule has 0 aliphatic rings. The Hall–Kier alpha value is -3.63. The third-order valence-electron chi connectivity index (χ3n) is 4.66. The molecule has 2 aromatic heterocycles. The van der Waals surface area contributed by atoms with Gasteiger partial charge in [0.2, 0.25) is 5.82 Å².